The topological polar surface area (TPSA) is 49.3 Å². The van der Waals surface area contributed by atoms with Crippen LogP contribution in [0.1, 0.15) is 43.0 Å². The lowest BCUT2D eigenvalue weighted by atomic mass is 9.87. The van der Waals surface area contributed by atoms with E-state index >= 15 is 0 Å². The summed E-state index contributed by atoms with van der Waals surface area (Å²) in [7, 11) is 0. The zero-order valence-corrected chi connectivity index (χ0v) is 12.3. The molecule has 3 heteroatoms. The van der Waals surface area contributed by atoms with E-state index in [1.807, 2.05) is 30.3 Å². The lowest BCUT2D eigenvalue weighted by Crippen LogP contribution is -2.38. The molecule has 0 heterocycles. The van der Waals surface area contributed by atoms with Crippen LogP contribution in [0.4, 0.5) is 0 Å². The van der Waals surface area contributed by atoms with Gasteiger partial charge in [-0.25, -0.2) is 0 Å². The number of amides is 1. The number of fused-ring (bicyclic) bond motifs is 1. The third-order valence-electron chi connectivity index (χ3n) is 4.42. The molecule has 2 N–H and O–H groups in total. The van der Waals surface area contributed by atoms with Crippen LogP contribution in [-0.4, -0.2) is 17.1 Å². The van der Waals surface area contributed by atoms with Crippen molar-refractivity contribution in [2.45, 2.75) is 38.6 Å². The number of benzene rings is 2. The standard InChI is InChI=1S/C18H21NO2/c1-12-5-4-7-14(11-12)19-18(21)16-10-9-13-6-2-3-8-15(13)17(16)20/h2-3,6,8-10,12,14,20H,4-5,7,11H2,1H3,(H,19,21). The number of carbonyl (C=O) groups is 1. The van der Waals surface area contributed by atoms with Gasteiger partial charge in [-0.3, -0.25) is 4.79 Å². The molecule has 2 aromatic carbocycles. The Bertz CT molecular complexity index is 665. The maximum atomic E-state index is 12.4. The molecule has 0 aromatic heterocycles. The number of phenolic OH excluding ortho intramolecular Hbond substituents is 1. The predicted molar refractivity (Wildman–Crippen MR) is 84.5 cm³/mol. The van der Waals surface area contributed by atoms with Crippen molar-refractivity contribution in [3.05, 3.63) is 42.0 Å². The third-order valence-corrected chi connectivity index (χ3v) is 4.42. The van der Waals surface area contributed by atoms with Crippen molar-refractivity contribution in [1.29, 1.82) is 0 Å². The van der Waals surface area contributed by atoms with Crippen molar-refractivity contribution in [2.75, 3.05) is 0 Å². The third kappa shape index (κ3) is 2.87. The first-order valence-electron chi connectivity index (χ1n) is 7.66. The fourth-order valence-corrected chi connectivity index (χ4v) is 3.27. The molecule has 21 heavy (non-hydrogen) atoms. The highest BCUT2D eigenvalue weighted by atomic mass is 16.3. The fraction of sp³-hybridized carbons (Fsp3) is 0.389. The molecule has 2 unspecified atom stereocenters. The number of phenols is 1. The summed E-state index contributed by atoms with van der Waals surface area (Å²) < 4.78 is 0. The zero-order chi connectivity index (χ0) is 14.8. The van der Waals surface area contributed by atoms with Crippen LogP contribution in [0.15, 0.2) is 36.4 Å². The minimum Gasteiger partial charge on any atom is -0.506 e. The summed E-state index contributed by atoms with van der Waals surface area (Å²) in [6.07, 6.45) is 4.47. The van der Waals surface area contributed by atoms with Gasteiger partial charge in [0.1, 0.15) is 5.75 Å². The Hall–Kier alpha value is -2.03. The highest BCUT2D eigenvalue weighted by Crippen LogP contribution is 2.29. The molecule has 1 aliphatic rings. The highest BCUT2D eigenvalue weighted by molar-refractivity contribution is 6.03. The average Bonchev–Trinajstić information content (AvgIpc) is 2.48. The predicted octanol–water partition coefficient (Wildman–Crippen LogP) is 3.85. The Balaban J connectivity index is 1.83. The molecule has 1 fully saturated rings. The summed E-state index contributed by atoms with van der Waals surface area (Å²) in [4.78, 5) is 12.4. The van der Waals surface area contributed by atoms with Gasteiger partial charge in [-0.2, -0.15) is 0 Å². The summed E-state index contributed by atoms with van der Waals surface area (Å²) in [6, 6.07) is 11.4. The van der Waals surface area contributed by atoms with Crippen LogP contribution in [0.3, 0.4) is 0 Å². The lowest BCUT2D eigenvalue weighted by molar-refractivity contribution is 0.0919. The molecule has 0 radical (unpaired) electrons. The fourth-order valence-electron chi connectivity index (χ4n) is 3.27. The molecule has 0 saturated heterocycles. The van der Waals surface area contributed by atoms with Gasteiger partial charge < -0.3 is 10.4 Å². The normalized spacial score (nSPS) is 22.1. The van der Waals surface area contributed by atoms with Gasteiger partial charge >= 0.3 is 0 Å². The monoisotopic (exact) mass is 283 g/mol. The van der Waals surface area contributed by atoms with Crippen molar-refractivity contribution in [3.8, 4) is 5.75 Å². The number of hydrogen-bond acceptors (Lipinski definition) is 2. The van der Waals surface area contributed by atoms with Crippen molar-refractivity contribution in [1.82, 2.24) is 5.32 Å². The van der Waals surface area contributed by atoms with E-state index in [9.17, 15) is 9.90 Å². The van der Waals surface area contributed by atoms with Crippen molar-refractivity contribution in [2.24, 2.45) is 5.92 Å². The number of aromatic hydroxyl groups is 1. The van der Waals surface area contributed by atoms with Crippen LogP contribution >= 0.6 is 0 Å². The molecular formula is C18H21NO2. The van der Waals surface area contributed by atoms with E-state index in [0.29, 0.717) is 11.5 Å². The van der Waals surface area contributed by atoms with E-state index in [1.165, 1.54) is 6.42 Å². The molecule has 0 spiro atoms. The minimum atomic E-state index is -0.169. The van der Waals surface area contributed by atoms with Gasteiger partial charge in [0.25, 0.3) is 5.91 Å². The van der Waals surface area contributed by atoms with Gasteiger partial charge in [-0.15, -0.1) is 0 Å². The van der Waals surface area contributed by atoms with Crippen LogP contribution in [0, 0.1) is 5.92 Å². The van der Waals surface area contributed by atoms with Gasteiger partial charge in [-0.05, 0) is 30.2 Å². The molecule has 1 aliphatic carbocycles. The molecule has 2 atom stereocenters. The maximum absolute atomic E-state index is 12.4. The number of carbonyl (C=O) groups excluding carboxylic acids is 1. The van der Waals surface area contributed by atoms with Crippen molar-refractivity contribution >= 4 is 16.7 Å². The van der Waals surface area contributed by atoms with E-state index < -0.39 is 0 Å². The van der Waals surface area contributed by atoms with Crippen LogP contribution < -0.4 is 5.32 Å². The first kappa shape index (κ1) is 13.9. The van der Waals surface area contributed by atoms with Gasteiger partial charge in [-0.1, -0.05) is 50.1 Å². The second-order valence-corrected chi connectivity index (χ2v) is 6.13. The van der Waals surface area contributed by atoms with Gasteiger partial charge in [0.05, 0.1) is 5.56 Å². The Morgan fingerprint density at radius 2 is 2.00 bits per heavy atom. The average molecular weight is 283 g/mol. The summed E-state index contributed by atoms with van der Waals surface area (Å²) in [5.41, 5.74) is 0.368. The number of nitrogens with one attached hydrogen (secondary N) is 1. The van der Waals surface area contributed by atoms with Crippen molar-refractivity contribution in [3.63, 3.8) is 0 Å². The van der Waals surface area contributed by atoms with E-state index in [-0.39, 0.29) is 17.7 Å². The molecule has 3 nitrogen and oxygen atoms in total. The van der Waals surface area contributed by atoms with Gasteiger partial charge in [0.2, 0.25) is 0 Å². The SMILES string of the molecule is CC1CCCC(NC(=O)c2ccc3ccccc3c2O)C1. The number of rotatable bonds is 2. The zero-order valence-electron chi connectivity index (χ0n) is 12.3. The first-order chi connectivity index (χ1) is 10.1. The lowest BCUT2D eigenvalue weighted by Gasteiger charge is -2.27. The molecule has 1 amide bonds. The maximum Gasteiger partial charge on any atom is 0.255 e. The van der Waals surface area contributed by atoms with Crippen LogP contribution in [-0.2, 0) is 0 Å². The van der Waals surface area contributed by atoms with E-state index in [2.05, 4.69) is 12.2 Å². The highest BCUT2D eigenvalue weighted by Gasteiger charge is 2.22. The Morgan fingerprint density at radius 3 is 2.81 bits per heavy atom. The van der Waals surface area contributed by atoms with Gasteiger partial charge in [0, 0.05) is 11.4 Å². The Kier molecular flexibility index (Phi) is 3.82. The largest absolute Gasteiger partial charge is 0.506 e. The Morgan fingerprint density at radius 1 is 1.19 bits per heavy atom. The molecule has 3 rings (SSSR count). The summed E-state index contributed by atoms with van der Waals surface area (Å²) >= 11 is 0. The van der Waals surface area contributed by atoms with Gasteiger partial charge in [0.15, 0.2) is 0 Å². The summed E-state index contributed by atoms with van der Waals surface area (Å²) in [5, 5.41) is 15.1. The van der Waals surface area contributed by atoms with E-state index in [1.54, 1.807) is 6.07 Å². The quantitative estimate of drug-likeness (QED) is 0.879. The van der Waals surface area contributed by atoms with Crippen LogP contribution in [0.2, 0.25) is 0 Å². The molecule has 1 saturated carbocycles. The second kappa shape index (κ2) is 5.76. The molecule has 2 aromatic rings. The summed E-state index contributed by atoms with van der Waals surface area (Å²) in [6.45, 7) is 2.23. The molecular weight excluding hydrogens is 262 g/mol. The first-order valence-corrected chi connectivity index (χ1v) is 7.66. The van der Waals surface area contributed by atoms with Crippen LogP contribution in [0.5, 0.6) is 5.75 Å². The number of hydrogen-bond donors (Lipinski definition) is 2. The Labute approximate surface area is 125 Å². The molecule has 110 valence electrons. The second-order valence-electron chi connectivity index (χ2n) is 6.13. The van der Waals surface area contributed by atoms with Crippen LogP contribution in [0.25, 0.3) is 10.8 Å². The summed E-state index contributed by atoms with van der Waals surface area (Å²) in [5.74, 6) is 0.570. The molecule has 0 aliphatic heterocycles. The van der Waals surface area contributed by atoms with Crippen molar-refractivity contribution < 1.29 is 9.90 Å². The minimum absolute atomic E-state index is 0.0782. The molecule has 0 bridgehead atoms. The smallest absolute Gasteiger partial charge is 0.255 e. The van der Waals surface area contributed by atoms with E-state index in [0.717, 1.165) is 30.0 Å². The van der Waals surface area contributed by atoms with E-state index in [4.69, 9.17) is 0 Å².